The first-order chi connectivity index (χ1) is 10.2. The van der Waals surface area contributed by atoms with Gasteiger partial charge in [-0.3, -0.25) is 4.79 Å². The second-order valence-corrected chi connectivity index (χ2v) is 4.70. The summed E-state index contributed by atoms with van der Waals surface area (Å²) < 4.78 is 10.4. The lowest BCUT2D eigenvalue weighted by Crippen LogP contribution is -2.08. The number of aromatic amines is 1. The van der Waals surface area contributed by atoms with Crippen LogP contribution < -0.4 is 15.0 Å². The van der Waals surface area contributed by atoms with Crippen molar-refractivity contribution >= 4 is 10.9 Å². The van der Waals surface area contributed by atoms with Gasteiger partial charge in [0.2, 0.25) is 0 Å². The standard InChI is InChI=1S/C17H15NO3/c1-20-13-5-3-4-11(8-13)15-9-12-6-7-14(21-2)10-16(12)18-17(15)19/h3-10H,1-2H3,(H,18,19). The Morgan fingerprint density at radius 2 is 1.67 bits per heavy atom. The SMILES string of the molecule is COc1cccc(-c2cc3ccc(OC)cc3[nH]c2=O)c1. The van der Waals surface area contributed by atoms with E-state index in [1.165, 1.54) is 0 Å². The molecule has 0 saturated carbocycles. The average molecular weight is 281 g/mol. The Kier molecular flexibility index (Phi) is 3.36. The molecule has 1 aromatic heterocycles. The van der Waals surface area contributed by atoms with Gasteiger partial charge in [-0.05, 0) is 41.3 Å². The first-order valence-electron chi connectivity index (χ1n) is 6.57. The zero-order chi connectivity index (χ0) is 14.8. The van der Waals surface area contributed by atoms with Crippen molar-refractivity contribution in [3.05, 3.63) is 58.9 Å². The van der Waals surface area contributed by atoms with Gasteiger partial charge in [0.25, 0.3) is 5.56 Å². The monoisotopic (exact) mass is 281 g/mol. The number of benzene rings is 2. The summed E-state index contributed by atoms with van der Waals surface area (Å²) in [5, 5.41) is 0.952. The van der Waals surface area contributed by atoms with E-state index >= 15 is 0 Å². The summed E-state index contributed by atoms with van der Waals surface area (Å²) >= 11 is 0. The van der Waals surface area contributed by atoms with E-state index in [9.17, 15) is 4.79 Å². The summed E-state index contributed by atoms with van der Waals surface area (Å²) in [4.78, 5) is 15.2. The fourth-order valence-corrected chi connectivity index (χ4v) is 2.31. The van der Waals surface area contributed by atoms with Gasteiger partial charge in [0.1, 0.15) is 11.5 Å². The van der Waals surface area contributed by atoms with Gasteiger partial charge in [0.15, 0.2) is 0 Å². The Morgan fingerprint density at radius 3 is 2.43 bits per heavy atom. The number of hydrogen-bond acceptors (Lipinski definition) is 3. The van der Waals surface area contributed by atoms with Crippen LogP contribution in [0.2, 0.25) is 0 Å². The Bertz CT molecular complexity index is 852. The van der Waals surface area contributed by atoms with Gasteiger partial charge < -0.3 is 14.5 Å². The van der Waals surface area contributed by atoms with Crippen LogP contribution in [0.1, 0.15) is 0 Å². The molecule has 0 aliphatic carbocycles. The molecule has 3 aromatic rings. The molecule has 3 rings (SSSR count). The highest BCUT2D eigenvalue weighted by atomic mass is 16.5. The molecule has 0 atom stereocenters. The molecule has 4 heteroatoms. The minimum absolute atomic E-state index is 0.135. The molecular weight excluding hydrogens is 266 g/mol. The van der Waals surface area contributed by atoms with Crippen LogP contribution in [0.15, 0.2) is 53.3 Å². The number of fused-ring (bicyclic) bond motifs is 1. The minimum Gasteiger partial charge on any atom is -0.497 e. The summed E-state index contributed by atoms with van der Waals surface area (Å²) in [5.74, 6) is 1.44. The Hall–Kier alpha value is -2.75. The van der Waals surface area contributed by atoms with Gasteiger partial charge >= 0.3 is 0 Å². The lowest BCUT2D eigenvalue weighted by Gasteiger charge is -2.07. The van der Waals surface area contributed by atoms with E-state index in [-0.39, 0.29) is 5.56 Å². The second kappa shape index (κ2) is 5.32. The van der Waals surface area contributed by atoms with Crippen molar-refractivity contribution in [3.8, 4) is 22.6 Å². The normalized spacial score (nSPS) is 10.6. The third kappa shape index (κ3) is 2.48. The second-order valence-electron chi connectivity index (χ2n) is 4.70. The van der Waals surface area contributed by atoms with Crippen molar-refractivity contribution in [3.63, 3.8) is 0 Å². The third-order valence-corrected chi connectivity index (χ3v) is 3.43. The molecule has 0 aliphatic rings. The number of H-pyrrole nitrogens is 1. The van der Waals surface area contributed by atoms with Gasteiger partial charge in [-0.25, -0.2) is 0 Å². The van der Waals surface area contributed by atoms with Crippen LogP contribution in [0.25, 0.3) is 22.0 Å². The molecule has 1 N–H and O–H groups in total. The van der Waals surface area contributed by atoms with Crippen LogP contribution >= 0.6 is 0 Å². The highest BCUT2D eigenvalue weighted by Gasteiger charge is 2.07. The number of pyridine rings is 1. The van der Waals surface area contributed by atoms with Crippen LogP contribution in [0.5, 0.6) is 11.5 Å². The Morgan fingerprint density at radius 1 is 0.905 bits per heavy atom. The summed E-state index contributed by atoms with van der Waals surface area (Å²) in [6, 6.07) is 14.9. The first-order valence-corrected chi connectivity index (χ1v) is 6.57. The number of methoxy groups -OCH3 is 2. The van der Waals surface area contributed by atoms with Gasteiger partial charge in [-0.1, -0.05) is 12.1 Å². The maximum Gasteiger partial charge on any atom is 0.256 e. The highest BCUT2D eigenvalue weighted by molar-refractivity contribution is 5.84. The maximum absolute atomic E-state index is 12.3. The van der Waals surface area contributed by atoms with Gasteiger partial charge in [0.05, 0.1) is 19.7 Å². The smallest absolute Gasteiger partial charge is 0.256 e. The Labute approximate surface area is 122 Å². The Balaban J connectivity index is 2.19. The van der Waals surface area contributed by atoms with Crippen molar-refractivity contribution in [1.82, 2.24) is 4.98 Å². The molecule has 0 aliphatic heterocycles. The summed E-state index contributed by atoms with van der Waals surface area (Å²) in [6.45, 7) is 0. The quantitative estimate of drug-likeness (QED) is 0.802. The topological polar surface area (TPSA) is 51.3 Å². The largest absolute Gasteiger partial charge is 0.497 e. The highest BCUT2D eigenvalue weighted by Crippen LogP contribution is 2.25. The van der Waals surface area contributed by atoms with Crippen molar-refractivity contribution < 1.29 is 9.47 Å². The molecule has 0 unspecified atom stereocenters. The average Bonchev–Trinajstić information content (AvgIpc) is 2.53. The van der Waals surface area contributed by atoms with E-state index in [1.807, 2.05) is 48.5 Å². The lowest BCUT2D eigenvalue weighted by molar-refractivity contribution is 0.415. The van der Waals surface area contributed by atoms with E-state index in [0.29, 0.717) is 11.3 Å². The molecule has 21 heavy (non-hydrogen) atoms. The molecule has 0 fully saturated rings. The number of hydrogen-bond donors (Lipinski definition) is 1. The van der Waals surface area contributed by atoms with Crippen LogP contribution in [-0.4, -0.2) is 19.2 Å². The zero-order valence-electron chi connectivity index (χ0n) is 11.8. The van der Waals surface area contributed by atoms with Crippen LogP contribution in [0.3, 0.4) is 0 Å². The lowest BCUT2D eigenvalue weighted by atomic mass is 10.0. The van der Waals surface area contributed by atoms with E-state index in [4.69, 9.17) is 9.47 Å². The van der Waals surface area contributed by atoms with Crippen molar-refractivity contribution in [2.45, 2.75) is 0 Å². The molecule has 2 aromatic carbocycles. The summed E-state index contributed by atoms with van der Waals surface area (Å²) in [7, 11) is 3.21. The number of ether oxygens (including phenoxy) is 2. The number of nitrogens with one attached hydrogen (secondary N) is 1. The van der Waals surface area contributed by atoms with Crippen LogP contribution in [0.4, 0.5) is 0 Å². The molecular formula is C17H15NO3. The van der Waals surface area contributed by atoms with E-state index in [1.54, 1.807) is 14.2 Å². The molecule has 0 spiro atoms. The number of aromatic nitrogens is 1. The molecule has 0 bridgehead atoms. The number of rotatable bonds is 3. The van der Waals surface area contributed by atoms with Gasteiger partial charge in [-0.2, -0.15) is 0 Å². The van der Waals surface area contributed by atoms with Crippen molar-refractivity contribution in [1.29, 1.82) is 0 Å². The predicted octanol–water partition coefficient (Wildman–Crippen LogP) is 3.21. The molecule has 106 valence electrons. The van der Waals surface area contributed by atoms with E-state index in [2.05, 4.69) is 4.98 Å². The van der Waals surface area contributed by atoms with Crippen LogP contribution in [0, 0.1) is 0 Å². The maximum atomic E-state index is 12.3. The van der Waals surface area contributed by atoms with E-state index in [0.717, 1.165) is 22.2 Å². The fourth-order valence-electron chi connectivity index (χ4n) is 2.31. The fraction of sp³-hybridized carbons (Fsp3) is 0.118. The molecule has 1 heterocycles. The zero-order valence-corrected chi connectivity index (χ0v) is 11.8. The predicted molar refractivity (Wildman–Crippen MR) is 83.1 cm³/mol. The molecule has 0 radical (unpaired) electrons. The summed E-state index contributed by atoms with van der Waals surface area (Å²) in [6.07, 6.45) is 0. The molecule has 4 nitrogen and oxygen atoms in total. The van der Waals surface area contributed by atoms with Crippen molar-refractivity contribution in [2.24, 2.45) is 0 Å². The molecule has 0 amide bonds. The minimum atomic E-state index is -0.135. The van der Waals surface area contributed by atoms with Gasteiger partial charge in [0, 0.05) is 11.6 Å². The van der Waals surface area contributed by atoms with E-state index < -0.39 is 0 Å². The van der Waals surface area contributed by atoms with Crippen LogP contribution in [-0.2, 0) is 0 Å². The first kappa shape index (κ1) is 13.2. The molecule has 0 saturated heterocycles. The van der Waals surface area contributed by atoms with Crippen molar-refractivity contribution in [2.75, 3.05) is 14.2 Å². The van der Waals surface area contributed by atoms with Gasteiger partial charge in [-0.15, -0.1) is 0 Å². The third-order valence-electron chi connectivity index (χ3n) is 3.43. The summed E-state index contributed by atoms with van der Waals surface area (Å²) in [5.41, 5.74) is 2.06.